The summed E-state index contributed by atoms with van der Waals surface area (Å²) in [5.74, 6) is 0.654. The highest BCUT2D eigenvalue weighted by atomic mass is 35.5. The summed E-state index contributed by atoms with van der Waals surface area (Å²) in [7, 11) is 0. The van der Waals surface area contributed by atoms with Crippen LogP contribution in [0.5, 0.6) is 0 Å². The van der Waals surface area contributed by atoms with Gasteiger partial charge in [0.2, 0.25) is 5.91 Å². The van der Waals surface area contributed by atoms with Gasteiger partial charge in [0.15, 0.2) is 0 Å². The van der Waals surface area contributed by atoms with E-state index in [2.05, 4.69) is 29.4 Å². The molecule has 26 heavy (non-hydrogen) atoms. The Bertz CT molecular complexity index is 942. The van der Waals surface area contributed by atoms with Gasteiger partial charge in [-0.2, -0.15) is 0 Å². The molecule has 4 rings (SSSR count). The minimum atomic E-state index is 0.153. The molecule has 0 atom stereocenters. The van der Waals surface area contributed by atoms with Crippen molar-refractivity contribution in [3.8, 4) is 0 Å². The molecule has 3 aromatic rings. The molecule has 1 aliphatic rings. The maximum Gasteiger partial charge on any atom is 0.226 e. The number of hydrogen-bond donors (Lipinski definition) is 1. The zero-order chi connectivity index (χ0) is 18.1. The number of aromatic nitrogens is 1. The lowest BCUT2D eigenvalue weighted by molar-refractivity contribution is -0.131. The highest BCUT2D eigenvalue weighted by Crippen LogP contribution is 2.33. The average Bonchev–Trinajstić information content (AvgIpc) is 3.09. The number of carbonyl (C=O) groups excluding carboxylic acids is 1. The van der Waals surface area contributed by atoms with Crippen LogP contribution < -0.4 is 0 Å². The second-order valence-corrected chi connectivity index (χ2v) is 7.68. The molecule has 1 amide bonds. The maximum atomic E-state index is 12.6. The van der Waals surface area contributed by atoms with Gasteiger partial charge in [0, 0.05) is 30.2 Å². The number of aromatic amines is 1. The van der Waals surface area contributed by atoms with Crippen molar-refractivity contribution in [1.29, 1.82) is 0 Å². The molecule has 1 fully saturated rings. The molecule has 3 nitrogen and oxygen atoms in total. The van der Waals surface area contributed by atoms with E-state index >= 15 is 0 Å². The number of para-hydroxylation sites is 1. The van der Waals surface area contributed by atoms with Crippen LogP contribution in [0.4, 0.5) is 0 Å². The van der Waals surface area contributed by atoms with Crippen molar-refractivity contribution in [2.45, 2.75) is 25.2 Å². The first-order valence-corrected chi connectivity index (χ1v) is 9.65. The number of piperidine rings is 1. The number of amides is 1. The van der Waals surface area contributed by atoms with Gasteiger partial charge in [-0.15, -0.1) is 0 Å². The quantitative estimate of drug-likeness (QED) is 0.640. The lowest BCUT2D eigenvalue weighted by Crippen LogP contribution is -2.38. The summed E-state index contributed by atoms with van der Waals surface area (Å²) in [5, 5.41) is 2.31. The number of hydrogen-bond acceptors (Lipinski definition) is 1. The Hall–Kier alpha value is -1.97. The summed E-state index contributed by atoms with van der Waals surface area (Å²) in [5.41, 5.74) is 3.46. The van der Waals surface area contributed by atoms with Crippen LogP contribution >= 0.6 is 23.2 Å². The molecule has 0 aliphatic carbocycles. The number of likely N-dealkylation sites (tertiary alicyclic amines) is 1. The Kier molecular flexibility index (Phi) is 4.92. The van der Waals surface area contributed by atoms with Crippen molar-refractivity contribution in [3.63, 3.8) is 0 Å². The molecule has 1 aliphatic heterocycles. The first-order chi connectivity index (χ1) is 12.6. The smallest absolute Gasteiger partial charge is 0.226 e. The second kappa shape index (κ2) is 7.34. The van der Waals surface area contributed by atoms with E-state index in [1.807, 2.05) is 17.0 Å². The Labute approximate surface area is 162 Å². The predicted octanol–water partition coefficient (Wildman–Crippen LogP) is 5.42. The van der Waals surface area contributed by atoms with Crippen molar-refractivity contribution in [3.05, 3.63) is 69.8 Å². The van der Waals surface area contributed by atoms with E-state index in [1.165, 1.54) is 16.5 Å². The fourth-order valence-electron chi connectivity index (χ4n) is 3.81. The number of nitrogens with one attached hydrogen (secondary N) is 1. The van der Waals surface area contributed by atoms with E-state index in [0.717, 1.165) is 31.5 Å². The van der Waals surface area contributed by atoms with Crippen LogP contribution in [0.1, 0.15) is 29.9 Å². The van der Waals surface area contributed by atoms with Crippen molar-refractivity contribution in [2.24, 2.45) is 0 Å². The molecule has 0 saturated carbocycles. The Morgan fingerprint density at radius 3 is 2.62 bits per heavy atom. The van der Waals surface area contributed by atoms with Crippen LogP contribution in [0.2, 0.25) is 10.0 Å². The van der Waals surface area contributed by atoms with Crippen molar-refractivity contribution in [1.82, 2.24) is 9.88 Å². The van der Waals surface area contributed by atoms with Crippen LogP contribution in [0, 0.1) is 0 Å². The summed E-state index contributed by atoms with van der Waals surface area (Å²) in [6, 6.07) is 13.8. The standard InChI is InChI=1S/C21H20Cl2N2O/c22-18-6-5-14(11-19(18)23)12-21(26)25-9-7-15(8-10-25)17-13-24-20-4-2-1-3-16(17)20/h1-6,11,13,15,24H,7-10,12H2. The van der Waals surface area contributed by atoms with Crippen LogP contribution in [0.3, 0.4) is 0 Å². The molecule has 0 radical (unpaired) electrons. The number of fused-ring (bicyclic) bond motifs is 1. The molecular weight excluding hydrogens is 367 g/mol. The molecule has 0 spiro atoms. The van der Waals surface area contributed by atoms with Gasteiger partial charge in [0.1, 0.15) is 0 Å². The van der Waals surface area contributed by atoms with Crippen LogP contribution in [-0.4, -0.2) is 28.9 Å². The molecule has 5 heteroatoms. The van der Waals surface area contributed by atoms with E-state index in [1.54, 1.807) is 12.1 Å². The molecule has 1 saturated heterocycles. The van der Waals surface area contributed by atoms with E-state index in [-0.39, 0.29) is 5.91 Å². The monoisotopic (exact) mass is 386 g/mol. The molecule has 0 unspecified atom stereocenters. The Morgan fingerprint density at radius 1 is 1.08 bits per heavy atom. The van der Waals surface area contributed by atoms with Gasteiger partial charge in [-0.25, -0.2) is 0 Å². The summed E-state index contributed by atoms with van der Waals surface area (Å²) in [6.07, 6.45) is 4.49. The third-order valence-electron chi connectivity index (χ3n) is 5.25. The third-order valence-corrected chi connectivity index (χ3v) is 5.99. The lowest BCUT2D eigenvalue weighted by atomic mass is 9.89. The summed E-state index contributed by atoms with van der Waals surface area (Å²) >= 11 is 12.0. The number of carbonyl (C=O) groups is 1. The summed E-state index contributed by atoms with van der Waals surface area (Å²) in [4.78, 5) is 17.9. The van der Waals surface area contributed by atoms with Crippen molar-refractivity contribution in [2.75, 3.05) is 13.1 Å². The van der Waals surface area contributed by atoms with E-state index < -0.39 is 0 Å². The minimum Gasteiger partial charge on any atom is -0.361 e. The largest absolute Gasteiger partial charge is 0.361 e. The van der Waals surface area contributed by atoms with Gasteiger partial charge >= 0.3 is 0 Å². The lowest BCUT2D eigenvalue weighted by Gasteiger charge is -2.32. The molecular formula is C21H20Cl2N2O. The fourth-order valence-corrected chi connectivity index (χ4v) is 4.13. The number of halogens is 2. The topological polar surface area (TPSA) is 36.1 Å². The van der Waals surface area contributed by atoms with Gasteiger partial charge in [-0.3, -0.25) is 4.79 Å². The predicted molar refractivity (Wildman–Crippen MR) is 107 cm³/mol. The number of rotatable bonds is 3. The zero-order valence-corrected chi connectivity index (χ0v) is 15.9. The highest BCUT2D eigenvalue weighted by molar-refractivity contribution is 6.42. The Morgan fingerprint density at radius 2 is 1.85 bits per heavy atom. The van der Waals surface area contributed by atoms with E-state index in [9.17, 15) is 4.79 Å². The van der Waals surface area contributed by atoms with Gasteiger partial charge < -0.3 is 9.88 Å². The van der Waals surface area contributed by atoms with Gasteiger partial charge in [0.05, 0.1) is 16.5 Å². The number of benzene rings is 2. The minimum absolute atomic E-state index is 0.153. The van der Waals surface area contributed by atoms with Crippen LogP contribution in [0.15, 0.2) is 48.7 Å². The number of nitrogens with zero attached hydrogens (tertiary/aromatic N) is 1. The van der Waals surface area contributed by atoms with Gasteiger partial charge in [-0.1, -0.05) is 47.5 Å². The molecule has 0 bridgehead atoms. The second-order valence-electron chi connectivity index (χ2n) is 6.87. The molecule has 2 heterocycles. The molecule has 2 aromatic carbocycles. The first kappa shape index (κ1) is 17.4. The average molecular weight is 387 g/mol. The summed E-state index contributed by atoms with van der Waals surface area (Å²) in [6.45, 7) is 1.59. The Balaban J connectivity index is 1.40. The highest BCUT2D eigenvalue weighted by Gasteiger charge is 2.25. The van der Waals surface area contributed by atoms with Crippen molar-refractivity contribution >= 4 is 40.0 Å². The van der Waals surface area contributed by atoms with E-state index in [4.69, 9.17) is 23.2 Å². The SMILES string of the molecule is O=C(Cc1ccc(Cl)c(Cl)c1)N1CCC(c2c[nH]c3ccccc23)CC1. The van der Waals surface area contributed by atoms with Gasteiger partial charge in [-0.05, 0) is 48.1 Å². The first-order valence-electron chi connectivity index (χ1n) is 8.89. The van der Waals surface area contributed by atoms with Crippen LogP contribution in [0.25, 0.3) is 10.9 Å². The van der Waals surface area contributed by atoms with Gasteiger partial charge in [0.25, 0.3) is 0 Å². The zero-order valence-electron chi connectivity index (χ0n) is 14.3. The number of H-pyrrole nitrogens is 1. The maximum absolute atomic E-state index is 12.6. The third kappa shape index (κ3) is 3.46. The molecule has 1 aromatic heterocycles. The van der Waals surface area contributed by atoms with Crippen LogP contribution in [-0.2, 0) is 11.2 Å². The normalized spacial score (nSPS) is 15.5. The van der Waals surface area contributed by atoms with E-state index in [0.29, 0.717) is 22.4 Å². The fraction of sp³-hybridized carbons (Fsp3) is 0.286. The molecule has 1 N–H and O–H groups in total. The van der Waals surface area contributed by atoms with Crippen molar-refractivity contribution < 1.29 is 4.79 Å². The molecule has 134 valence electrons. The summed E-state index contributed by atoms with van der Waals surface area (Å²) < 4.78 is 0.